The molecule has 1 amide bonds. The van der Waals surface area contributed by atoms with Gasteiger partial charge in [-0.15, -0.1) is 0 Å². The number of phenols is 1. The van der Waals surface area contributed by atoms with Gasteiger partial charge in [0.25, 0.3) is 5.91 Å². The summed E-state index contributed by atoms with van der Waals surface area (Å²) in [6.07, 6.45) is 1.08. The topological polar surface area (TPSA) is 77.8 Å². The number of carboxylic acids is 1. The molecule has 1 unspecified atom stereocenters. The SMILES string of the molecule is CC1(C(=O)O)CCN(C(=O)c2cc(Cc3ccccc3)ccc2O)C1. The van der Waals surface area contributed by atoms with Crippen molar-refractivity contribution in [3.8, 4) is 5.75 Å². The third-order valence-corrected chi connectivity index (χ3v) is 4.82. The quantitative estimate of drug-likeness (QED) is 0.898. The number of hydrogen-bond donors (Lipinski definition) is 2. The summed E-state index contributed by atoms with van der Waals surface area (Å²) in [6, 6.07) is 14.9. The number of amides is 1. The van der Waals surface area contributed by atoms with Gasteiger partial charge in [0.1, 0.15) is 5.75 Å². The fourth-order valence-electron chi connectivity index (χ4n) is 3.18. The van der Waals surface area contributed by atoms with Crippen LogP contribution in [-0.2, 0) is 11.2 Å². The van der Waals surface area contributed by atoms with Gasteiger partial charge in [-0.25, -0.2) is 0 Å². The van der Waals surface area contributed by atoms with Gasteiger partial charge in [-0.1, -0.05) is 36.4 Å². The van der Waals surface area contributed by atoms with Crippen LogP contribution in [0.25, 0.3) is 0 Å². The van der Waals surface area contributed by atoms with E-state index in [-0.39, 0.29) is 23.8 Å². The standard InChI is InChI=1S/C20H21NO4/c1-20(19(24)25)9-10-21(13-20)18(23)16-12-15(7-8-17(16)22)11-14-5-3-2-4-6-14/h2-8,12,22H,9-11,13H2,1H3,(H,24,25). The van der Waals surface area contributed by atoms with Crippen LogP contribution in [0.5, 0.6) is 5.75 Å². The van der Waals surface area contributed by atoms with E-state index in [4.69, 9.17) is 0 Å². The van der Waals surface area contributed by atoms with Crippen molar-refractivity contribution in [3.63, 3.8) is 0 Å². The lowest BCUT2D eigenvalue weighted by atomic mass is 9.90. The van der Waals surface area contributed by atoms with Crippen LogP contribution in [0.15, 0.2) is 48.5 Å². The van der Waals surface area contributed by atoms with Gasteiger partial charge in [-0.05, 0) is 43.0 Å². The number of carbonyl (C=O) groups excluding carboxylic acids is 1. The molecule has 2 aromatic carbocycles. The van der Waals surface area contributed by atoms with Crippen LogP contribution in [0.3, 0.4) is 0 Å². The van der Waals surface area contributed by atoms with E-state index >= 15 is 0 Å². The van der Waals surface area contributed by atoms with E-state index < -0.39 is 11.4 Å². The number of aromatic hydroxyl groups is 1. The Morgan fingerprint density at radius 1 is 1.12 bits per heavy atom. The number of rotatable bonds is 4. The molecule has 5 heteroatoms. The molecular weight excluding hydrogens is 318 g/mol. The summed E-state index contributed by atoms with van der Waals surface area (Å²) >= 11 is 0. The molecule has 3 rings (SSSR count). The summed E-state index contributed by atoms with van der Waals surface area (Å²) in [5.74, 6) is -1.30. The maximum atomic E-state index is 12.8. The van der Waals surface area contributed by atoms with Crippen LogP contribution in [0.2, 0.25) is 0 Å². The molecule has 5 nitrogen and oxygen atoms in total. The summed E-state index contributed by atoms with van der Waals surface area (Å²) in [5, 5.41) is 19.4. The van der Waals surface area contributed by atoms with Crippen molar-refractivity contribution >= 4 is 11.9 Å². The van der Waals surface area contributed by atoms with E-state index in [1.165, 1.54) is 11.0 Å². The fraction of sp³-hybridized carbons (Fsp3) is 0.300. The average Bonchev–Trinajstić information content (AvgIpc) is 3.01. The molecule has 130 valence electrons. The molecule has 1 saturated heterocycles. The zero-order valence-corrected chi connectivity index (χ0v) is 14.1. The minimum atomic E-state index is -0.924. The van der Waals surface area contributed by atoms with Crippen molar-refractivity contribution in [1.29, 1.82) is 0 Å². The van der Waals surface area contributed by atoms with Crippen molar-refractivity contribution in [1.82, 2.24) is 4.90 Å². The van der Waals surface area contributed by atoms with Gasteiger partial charge in [0.2, 0.25) is 0 Å². The zero-order valence-electron chi connectivity index (χ0n) is 14.1. The molecule has 2 N–H and O–H groups in total. The van der Waals surface area contributed by atoms with E-state index in [0.717, 1.165) is 11.1 Å². The molecule has 0 radical (unpaired) electrons. The number of likely N-dealkylation sites (tertiary alicyclic amines) is 1. The highest BCUT2D eigenvalue weighted by Crippen LogP contribution is 2.32. The highest BCUT2D eigenvalue weighted by atomic mass is 16.4. The van der Waals surface area contributed by atoms with Crippen molar-refractivity contribution in [2.75, 3.05) is 13.1 Å². The molecule has 1 fully saturated rings. The van der Waals surface area contributed by atoms with Crippen LogP contribution in [0.4, 0.5) is 0 Å². The van der Waals surface area contributed by atoms with E-state index in [1.54, 1.807) is 19.1 Å². The average molecular weight is 339 g/mol. The van der Waals surface area contributed by atoms with Crippen LogP contribution < -0.4 is 0 Å². The minimum Gasteiger partial charge on any atom is -0.507 e. The molecule has 0 aliphatic carbocycles. The summed E-state index contributed by atoms with van der Waals surface area (Å²) < 4.78 is 0. The van der Waals surface area contributed by atoms with Gasteiger partial charge < -0.3 is 15.1 Å². The van der Waals surface area contributed by atoms with E-state index in [1.807, 2.05) is 30.3 Å². The maximum Gasteiger partial charge on any atom is 0.311 e. The Balaban J connectivity index is 1.81. The van der Waals surface area contributed by atoms with Crippen LogP contribution in [0.1, 0.15) is 34.8 Å². The minimum absolute atomic E-state index is 0.0780. The summed E-state index contributed by atoms with van der Waals surface area (Å²) in [7, 11) is 0. The Morgan fingerprint density at radius 2 is 1.84 bits per heavy atom. The second-order valence-corrected chi connectivity index (χ2v) is 6.86. The Morgan fingerprint density at radius 3 is 2.48 bits per heavy atom. The van der Waals surface area contributed by atoms with Gasteiger partial charge >= 0.3 is 5.97 Å². The summed E-state index contributed by atoms with van der Waals surface area (Å²) in [4.78, 5) is 25.6. The smallest absolute Gasteiger partial charge is 0.311 e. The number of aliphatic carboxylic acids is 1. The number of carbonyl (C=O) groups is 2. The monoisotopic (exact) mass is 339 g/mol. The second-order valence-electron chi connectivity index (χ2n) is 6.86. The molecule has 2 aromatic rings. The van der Waals surface area contributed by atoms with Crippen molar-refractivity contribution in [2.45, 2.75) is 19.8 Å². The number of benzene rings is 2. The van der Waals surface area contributed by atoms with E-state index in [2.05, 4.69) is 0 Å². The van der Waals surface area contributed by atoms with Crippen molar-refractivity contribution in [3.05, 3.63) is 65.2 Å². The first-order valence-corrected chi connectivity index (χ1v) is 8.27. The third kappa shape index (κ3) is 3.50. The molecule has 1 heterocycles. The van der Waals surface area contributed by atoms with Crippen molar-refractivity contribution in [2.24, 2.45) is 5.41 Å². The molecule has 1 aliphatic heterocycles. The summed E-state index contributed by atoms with van der Waals surface area (Å²) in [5.41, 5.74) is 1.34. The van der Waals surface area contributed by atoms with Crippen LogP contribution in [-0.4, -0.2) is 40.1 Å². The predicted molar refractivity (Wildman–Crippen MR) is 93.6 cm³/mol. The highest BCUT2D eigenvalue weighted by Gasteiger charge is 2.42. The van der Waals surface area contributed by atoms with E-state index in [9.17, 15) is 19.8 Å². The first kappa shape index (κ1) is 17.0. The van der Waals surface area contributed by atoms with Gasteiger partial charge in [0.05, 0.1) is 11.0 Å². The number of phenolic OH excluding ortho intramolecular Hbond substituents is 1. The zero-order chi connectivity index (χ0) is 18.0. The molecule has 1 atom stereocenters. The Hall–Kier alpha value is -2.82. The maximum absolute atomic E-state index is 12.8. The number of hydrogen-bond acceptors (Lipinski definition) is 3. The Bertz CT molecular complexity index is 803. The Labute approximate surface area is 146 Å². The lowest BCUT2D eigenvalue weighted by Crippen LogP contribution is -2.34. The molecule has 0 bridgehead atoms. The van der Waals surface area contributed by atoms with Gasteiger partial charge in [-0.3, -0.25) is 9.59 Å². The van der Waals surface area contributed by atoms with Gasteiger partial charge in [-0.2, -0.15) is 0 Å². The molecule has 0 saturated carbocycles. The number of carboxylic acid groups (broad SMARTS) is 1. The predicted octanol–water partition coefficient (Wildman–Crippen LogP) is 2.92. The molecule has 1 aliphatic rings. The van der Waals surface area contributed by atoms with Crippen molar-refractivity contribution < 1.29 is 19.8 Å². The first-order valence-electron chi connectivity index (χ1n) is 8.27. The van der Waals surface area contributed by atoms with Crippen LogP contribution >= 0.6 is 0 Å². The molecular formula is C20H21NO4. The molecule has 0 aromatic heterocycles. The second kappa shape index (κ2) is 6.59. The van der Waals surface area contributed by atoms with Crippen LogP contribution in [0, 0.1) is 5.41 Å². The third-order valence-electron chi connectivity index (χ3n) is 4.82. The molecule has 25 heavy (non-hydrogen) atoms. The molecule has 0 spiro atoms. The lowest BCUT2D eigenvalue weighted by molar-refractivity contribution is -0.147. The van der Waals surface area contributed by atoms with Gasteiger partial charge in [0, 0.05) is 13.1 Å². The summed E-state index contributed by atoms with van der Waals surface area (Å²) in [6.45, 7) is 2.18. The number of nitrogens with zero attached hydrogens (tertiary/aromatic N) is 1. The lowest BCUT2D eigenvalue weighted by Gasteiger charge is -2.21. The Kier molecular flexibility index (Phi) is 4.49. The fourth-order valence-corrected chi connectivity index (χ4v) is 3.18. The first-order chi connectivity index (χ1) is 11.9. The largest absolute Gasteiger partial charge is 0.507 e. The van der Waals surface area contributed by atoms with E-state index in [0.29, 0.717) is 19.4 Å². The highest BCUT2D eigenvalue weighted by molar-refractivity contribution is 5.97. The normalized spacial score (nSPS) is 19.8. The van der Waals surface area contributed by atoms with Gasteiger partial charge in [0.15, 0.2) is 0 Å².